The molecule has 0 saturated carbocycles. The van der Waals surface area contributed by atoms with Crippen LogP contribution in [0.15, 0.2) is 48.1 Å². The minimum atomic E-state index is -4.41. The van der Waals surface area contributed by atoms with Gasteiger partial charge in [-0.3, -0.25) is 4.79 Å². The molecular formula is C20H19F3N6OS. The van der Waals surface area contributed by atoms with Gasteiger partial charge in [-0.25, -0.2) is 15.0 Å². The maximum Gasteiger partial charge on any atom is 0.416 e. The lowest BCUT2D eigenvalue weighted by Crippen LogP contribution is -2.49. The maximum absolute atomic E-state index is 12.9. The molecule has 1 amide bonds. The van der Waals surface area contributed by atoms with Crippen molar-refractivity contribution in [3.8, 4) is 0 Å². The number of anilines is 3. The molecule has 3 heterocycles. The molecule has 1 N–H and O–H groups in total. The van der Waals surface area contributed by atoms with Crippen LogP contribution in [0.4, 0.5) is 29.9 Å². The number of thiazole rings is 1. The summed E-state index contributed by atoms with van der Waals surface area (Å²) in [6, 6.07) is 6.68. The second-order valence-corrected chi connectivity index (χ2v) is 7.80. The molecule has 162 valence electrons. The molecule has 4 rings (SSSR count). The first kappa shape index (κ1) is 21.0. The van der Waals surface area contributed by atoms with E-state index >= 15 is 0 Å². The summed E-state index contributed by atoms with van der Waals surface area (Å²) in [5.74, 6) is 0.615. The Balaban J connectivity index is 1.32. The minimum absolute atomic E-state index is 0.0375. The van der Waals surface area contributed by atoms with E-state index in [1.54, 1.807) is 28.7 Å². The Kier molecular flexibility index (Phi) is 6.03. The molecule has 1 aromatic carbocycles. The van der Waals surface area contributed by atoms with Gasteiger partial charge in [0.25, 0.3) is 0 Å². The van der Waals surface area contributed by atoms with Crippen molar-refractivity contribution < 1.29 is 18.0 Å². The van der Waals surface area contributed by atoms with Gasteiger partial charge in [0.05, 0.1) is 17.7 Å². The lowest BCUT2D eigenvalue weighted by atomic mass is 10.2. The fourth-order valence-electron chi connectivity index (χ4n) is 3.22. The lowest BCUT2D eigenvalue weighted by molar-refractivity contribution is -0.137. The topological polar surface area (TPSA) is 74.2 Å². The highest BCUT2D eigenvalue weighted by atomic mass is 32.1. The standard InChI is InChI=1S/C20H19F3N6OS/c21-20(22,23)14-3-1-4-15(11-14)26-19-27-16(13-31-19)12-17(30)28-7-9-29(10-8-28)18-24-5-2-6-25-18/h1-6,11,13H,7-10,12H2,(H,26,27). The molecule has 1 fully saturated rings. The molecule has 0 radical (unpaired) electrons. The fourth-order valence-corrected chi connectivity index (χ4v) is 3.95. The second kappa shape index (κ2) is 8.88. The summed E-state index contributed by atoms with van der Waals surface area (Å²) in [6.07, 6.45) is -0.891. The fraction of sp³-hybridized carbons (Fsp3) is 0.300. The van der Waals surface area contributed by atoms with E-state index in [-0.39, 0.29) is 12.3 Å². The molecule has 7 nitrogen and oxygen atoms in total. The number of aromatic nitrogens is 3. The van der Waals surface area contributed by atoms with Crippen LogP contribution in [0.1, 0.15) is 11.3 Å². The number of piperazine rings is 1. The number of alkyl halides is 3. The van der Waals surface area contributed by atoms with Crippen LogP contribution in [0, 0.1) is 0 Å². The average molecular weight is 448 g/mol. The predicted molar refractivity (Wildman–Crippen MR) is 111 cm³/mol. The molecule has 31 heavy (non-hydrogen) atoms. The number of nitrogens with one attached hydrogen (secondary N) is 1. The van der Waals surface area contributed by atoms with Gasteiger partial charge in [0, 0.05) is 49.6 Å². The molecule has 0 unspecified atom stereocenters. The van der Waals surface area contributed by atoms with Gasteiger partial charge in [-0.2, -0.15) is 13.2 Å². The van der Waals surface area contributed by atoms with Gasteiger partial charge in [0.2, 0.25) is 11.9 Å². The number of amides is 1. The highest BCUT2D eigenvalue weighted by Crippen LogP contribution is 2.31. The largest absolute Gasteiger partial charge is 0.416 e. The molecule has 0 spiro atoms. The lowest BCUT2D eigenvalue weighted by Gasteiger charge is -2.34. The zero-order valence-corrected chi connectivity index (χ0v) is 17.2. The van der Waals surface area contributed by atoms with Crippen molar-refractivity contribution in [1.29, 1.82) is 0 Å². The van der Waals surface area contributed by atoms with E-state index in [1.165, 1.54) is 23.5 Å². The highest BCUT2D eigenvalue weighted by Gasteiger charge is 2.30. The molecule has 0 bridgehead atoms. The van der Waals surface area contributed by atoms with Crippen LogP contribution in [-0.2, 0) is 17.4 Å². The third-order valence-corrected chi connectivity index (χ3v) is 5.60. The van der Waals surface area contributed by atoms with Gasteiger partial charge in [-0.15, -0.1) is 11.3 Å². The Morgan fingerprint density at radius 2 is 1.84 bits per heavy atom. The van der Waals surface area contributed by atoms with Crippen LogP contribution >= 0.6 is 11.3 Å². The Hall–Kier alpha value is -3.21. The third kappa shape index (κ3) is 5.29. The van der Waals surface area contributed by atoms with Gasteiger partial charge in [-0.05, 0) is 24.3 Å². The van der Waals surface area contributed by atoms with Gasteiger partial charge in [0.1, 0.15) is 0 Å². The molecule has 3 aromatic rings. The van der Waals surface area contributed by atoms with Gasteiger partial charge >= 0.3 is 6.18 Å². The van der Waals surface area contributed by atoms with E-state index in [0.29, 0.717) is 48.6 Å². The quantitative estimate of drug-likeness (QED) is 0.643. The van der Waals surface area contributed by atoms with Gasteiger partial charge < -0.3 is 15.1 Å². The number of carbonyl (C=O) groups is 1. The number of rotatable bonds is 5. The summed E-state index contributed by atoms with van der Waals surface area (Å²) in [5, 5.41) is 5.05. The van der Waals surface area contributed by atoms with E-state index in [2.05, 4.69) is 20.3 Å². The van der Waals surface area contributed by atoms with E-state index in [0.717, 1.165) is 12.1 Å². The smallest absolute Gasteiger partial charge is 0.339 e. The average Bonchev–Trinajstić information content (AvgIpc) is 3.20. The summed E-state index contributed by atoms with van der Waals surface area (Å²) >= 11 is 1.25. The zero-order chi connectivity index (χ0) is 21.8. The molecule has 0 aliphatic carbocycles. The number of nitrogens with zero attached hydrogens (tertiary/aromatic N) is 5. The molecule has 2 aromatic heterocycles. The highest BCUT2D eigenvalue weighted by molar-refractivity contribution is 7.13. The van der Waals surface area contributed by atoms with Gasteiger partial charge in [0.15, 0.2) is 5.13 Å². The van der Waals surface area contributed by atoms with Crippen molar-refractivity contribution in [2.45, 2.75) is 12.6 Å². The Morgan fingerprint density at radius 1 is 1.10 bits per heavy atom. The summed E-state index contributed by atoms with van der Waals surface area (Å²) in [4.78, 5) is 29.2. The van der Waals surface area contributed by atoms with E-state index in [9.17, 15) is 18.0 Å². The van der Waals surface area contributed by atoms with Gasteiger partial charge in [-0.1, -0.05) is 6.07 Å². The summed E-state index contributed by atoms with van der Waals surface area (Å²) in [7, 11) is 0. The Morgan fingerprint density at radius 3 is 2.55 bits per heavy atom. The molecule has 1 saturated heterocycles. The molecule has 1 aliphatic heterocycles. The normalized spacial score (nSPS) is 14.5. The number of carbonyl (C=O) groups excluding carboxylic acids is 1. The summed E-state index contributed by atoms with van der Waals surface area (Å²) in [5.41, 5.74) is 0.143. The van der Waals surface area contributed by atoms with Crippen LogP contribution in [0.25, 0.3) is 0 Å². The van der Waals surface area contributed by atoms with Crippen LogP contribution < -0.4 is 10.2 Å². The van der Waals surface area contributed by atoms with Crippen molar-refractivity contribution in [1.82, 2.24) is 19.9 Å². The van der Waals surface area contributed by atoms with Crippen LogP contribution in [-0.4, -0.2) is 51.9 Å². The summed E-state index contributed by atoms with van der Waals surface area (Å²) in [6.45, 7) is 2.43. The molecule has 0 atom stereocenters. The number of halogens is 3. The first-order valence-electron chi connectivity index (χ1n) is 9.57. The maximum atomic E-state index is 12.9. The van der Waals surface area contributed by atoms with Crippen LogP contribution in [0.2, 0.25) is 0 Å². The second-order valence-electron chi connectivity index (χ2n) is 6.94. The zero-order valence-electron chi connectivity index (χ0n) is 16.3. The predicted octanol–water partition coefficient (Wildman–Crippen LogP) is 3.59. The van der Waals surface area contributed by atoms with E-state index in [4.69, 9.17) is 0 Å². The van der Waals surface area contributed by atoms with E-state index in [1.807, 2.05) is 4.90 Å². The Labute approximate surface area is 180 Å². The van der Waals surface area contributed by atoms with Crippen molar-refractivity contribution in [3.63, 3.8) is 0 Å². The Bertz CT molecular complexity index is 1030. The van der Waals surface area contributed by atoms with Crippen molar-refractivity contribution >= 4 is 34.0 Å². The number of hydrogen-bond acceptors (Lipinski definition) is 7. The summed E-state index contributed by atoms with van der Waals surface area (Å²) < 4.78 is 38.6. The monoisotopic (exact) mass is 448 g/mol. The number of hydrogen-bond donors (Lipinski definition) is 1. The van der Waals surface area contributed by atoms with Crippen LogP contribution in [0.5, 0.6) is 0 Å². The molecule has 11 heteroatoms. The first-order chi connectivity index (χ1) is 14.9. The minimum Gasteiger partial charge on any atom is -0.339 e. The third-order valence-electron chi connectivity index (χ3n) is 4.79. The number of benzene rings is 1. The van der Waals surface area contributed by atoms with Crippen molar-refractivity contribution in [2.24, 2.45) is 0 Å². The van der Waals surface area contributed by atoms with E-state index < -0.39 is 11.7 Å². The van der Waals surface area contributed by atoms with Crippen molar-refractivity contribution in [2.75, 3.05) is 36.4 Å². The molecule has 1 aliphatic rings. The SMILES string of the molecule is O=C(Cc1csc(Nc2cccc(C(F)(F)F)c2)n1)N1CCN(c2ncccn2)CC1. The van der Waals surface area contributed by atoms with Crippen molar-refractivity contribution in [3.05, 3.63) is 59.4 Å². The molecular weight excluding hydrogens is 429 g/mol. The first-order valence-corrected chi connectivity index (χ1v) is 10.4. The van der Waals surface area contributed by atoms with Crippen LogP contribution in [0.3, 0.4) is 0 Å².